The Morgan fingerprint density at radius 3 is 2.76 bits per heavy atom. The van der Waals surface area contributed by atoms with Crippen molar-refractivity contribution in [1.29, 1.82) is 0 Å². The molecule has 4 rings (SSSR count). The van der Waals surface area contributed by atoms with E-state index in [0.717, 1.165) is 32.5 Å². The van der Waals surface area contributed by atoms with E-state index in [1.54, 1.807) is 23.6 Å². The molecule has 0 spiro atoms. The Labute approximate surface area is 151 Å². The minimum Gasteiger partial charge on any atom is -0.356 e. The number of aromatic nitrogens is 1. The van der Waals surface area contributed by atoms with E-state index >= 15 is 0 Å². The third kappa shape index (κ3) is 3.85. The standard InChI is InChI=1S/C19H23N3O2S/c23-18(13-22(15-5-6-15)12-16-4-3-9-25-16)14-10-17(20-11-14)19(24)21-7-1-2-8-21/h3-4,9-11,15,20H,1-2,5-8,12-13H2. The van der Waals surface area contributed by atoms with Crippen LogP contribution in [0.15, 0.2) is 29.8 Å². The molecule has 0 bridgehead atoms. The number of thiophene rings is 1. The van der Waals surface area contributed by atoms with Crippen molar-refractivity contribution in [2.45, 2.75) is 38.3 Å². The number of ketones is 1. The molecule has 1 amide bonds. The van der Waals surface area contributed by atoms with Gasteiger partial charge in [-0.1, -0.05) is 6.07 Å². The van der Waals surface area contributed by atoms with Gasteiger partial charge in [-0.25, -0.2) is 0 Å². The van der Waals surface area contributed by atoms with Crippen LogP contribution in [0.1, 0.15) is 51.4 Å². The number of likely N-dealkylation sites (tertiary alicyclic amines) is 1. The van der Waals surface area contributed by atoms with Gasteiger partial charge in [0.2, 0.25) is 0 Å². The van der Waals surface area contributed by atoms with Crippen LogP contribution in [0.5, 0.6) is 0 Å². The van der Waals surface area contributed by atoms with Crippen LogP contribution in [0, 0.1) is 0 Å². The highest BCUT2D eigenvalue weighted by molar-refractivity contribution is 7.09. The lowest BCUT2D eigenvalue weighted by molar-refractivity contribution is 0.0787. The molecule has 0 radical (unpaired) electrons. The first-order chi connectivity index (χ1) is 12.2. The summed E-state index contributed by atoms with van der Waals surface area (Å²) in [7, 11) is 0. The summed E-state index contributed by atoms with van der Waals surface area (Å²) < 4.78 is 0. The van der Waals surface area contributed by atoms with E-state index in [9.17, 15) is 9.59 Å². The van der Waals surface area contributed by atoms with Crippen molar-refractivity contribution in [3.8, 4) is 0 Å². The molecule has 2 aromatic heterocycles. The van der Waals surface area contributed by atoms with Gasteiger partial charge in [0.05, 0.1) is 6.54 Å². The first kappa shape index (κ1) is 16.5. The van der Waals surface area contributed by atoms with Gasteiger partial charge in [0.15, 0.2) is 5.78 Å². The highest BCUT2D eigenvalue weighted by atomic mass is 32.1. The maximum Gasteiger partial charge on any atom is 0.270 e. The van der Waals surface area contributed by atoms with Gasteiger partial charge in [0.1, 0.15) is 5.69 Å². The van der Waals surface area contributed by atoms with E-state index in [-0.39, 0.29) is 11.7 Å². The van der Waals surface area contributed by atoms with E-state index < -0.39 is 0 Å². The Morgan fingerprint density at radius 1 is 1.28 bits per heavy atom. The molecule has 0 atom stereocenters. The number of hydrogen-bond donors (Lipinski definition) is 1. The number of carbonyl (C=O) groups is 2. The number of aromatic amines is 1. The fraction of sp³-hybridized carbons (Fsp3) is 0.474. The van der Waals surface area contributed by atoms with Crippen LogP contribution < -0.4 is 0 Å². The zero-order chi connectivity index (χ0) is 17.2. The number of nitrogens with zero attached hydrogens (tertiary/aromatic N) is 2. The Morgan fingerprint density at radius 2 is 2.08 bits per heavy atom. The van der Waals surface area contributed by atoms with Crippen molar-refractivity contribution in [2.24, 2.45) is 0 Å². The monoisotopic (exact) mass is 357 g/mol. The van der Waals surface area contributed by atoms with Crippen LogP contribution in [0.2, 0.25) is 0 Å². The molecular formula is C19H23N3O2S. The summed E-state index contributed by atoms with van der Waals surface area (Å²) in [5, 5.41) is 2.07. The fourth-order valence-corrected chi connectivity index (χ4v) is 4.13. The number of amides is 1. The van der Waals surface area contributed by atoms with Gasteiger partial charge in [-0.05, 0) is 43.2 Å². The van der Waals surface area contributed by atoms with Crippen LogP contribution in [0.25, 0.3) is 0 Å². The van der Waals surface area contributed by atoms with E-state index in [4.69, 9.17) is 0 Å². The molecule has 1 N–H and O–H groups in total. The molecule has 2 fully saturated rings. The lowest BCUT2D eigenvalue weighted by Crippen LogP contribution is -2.31. The summed E-state index contributed by atoms with van der Waals surface area (Å²) >= 11 is 1.73. The van der Waals surface area contributed by atoms with Gasteiger partial charge < -0.3 is 9.88 Å². The fourth-order valence-electron chi connectivity index (χ4n) is 3.40. The molecule has 132 valence electrons. The molecule has 5 nitrogen and oxygen atoms in total. The quantitative estimate of drug-likeness (QED) is 0.775. The molecular weight excluding hydrogens is 334 g/mol. The number of Topliss-reactive ketones (excluding diaryl/α,β-unsaturated/α-hetero) is 1. The number of carbonyl (C=O) groups excluding carboxylic acids is 2. The molecule has 1 saturated carbocycles. The van der Waals surface area contributed by atoms with Crippen LogP contribution in [0.4, 0.5) is 0 Å². The number of hydrogen-bond acceptors (Lipinski definition) is 4. The average Bonchev–Trinajstić information content (AvgIpc) is 3.07. The van der Waals surface area contributed by atoms with E-state index in [0.29, 0.717) is 23.8 Å². The Kier molecular flexibility index (Phi) is 4.72. The Bertz CT molecular complexity index is 743. The van der Waals surface area contributed by atoms with Crippen LogP contribution in [-0.4, -0.2) is 52.2 Å². The van der Waals surface area contributed by atoms with E-state index in [1.807, 2.05) is 4.90 Å². The van der Waals surface area contributed by atoms with Crippen molar-refractivity contribution >= 4 is 23.0 Å². The van der Waals surface area contributed by atoms with Crippen molar-refractivity contribution < 1.29 is 9.59 Å². The van der Waals surface area contributed by atoms with Crippen molar-refractivity contribution in [3.63, 3.8) is 0 Å². The van der Waals surface area contributed by atoms with Crippen molar-refractivity contribution in [2.75, 3.05) is 19.6 Å². The summed E-state index contributed by atoms with van der Waals surface area (Å²) in [5.74, 6) is 0.0920. The van der Waals surface area contributed by atoms with E-state index in [1.165, 1.54) is 17.7 Å². The Hall–Kier alpha value is -1.92. The van der Waals surface area contributed by atoms with Crippen LogP contribution >= 0.6 is 11.3 Å². The zero-order valence-electron chi connectivity index (χ0n) is 14.2. The normalized spacial score (nSPS) is 17.4. The second-order valence-electron chi connectivity index (χ2n) is 6.94. The van der Waals surface area contributed by atoms with E-state index in [2.05, 4.69) is 27.4 Å². The molecule has 3 heterocycles. The lowest BCUT2D eigenvalue weighted by Gasteiger charge is -2.20. The minimum atomic E-state index is 0.00850. The molecule has 2 aliphatic rings. The highest BCUT2D eigenvalue weighted by Gasteiger charge is 2.31. The average molecular weight is 357 g/mol. The lowest BCUT2D eigenvalue weighted by atomic mass is 10.2. The predicted octanol–water partition coefficient (Wildman–Crippen LogP) is 3.16. The topological polar surface area (TPSA) is 56.4 Å². The van der Waals surface area contributed by atoms with Crippen LogP contribution in [-0.2, 0) is 6.54 Å². The molecule has 1 aliphatic heterocycles. The summed E-state index contributed by atoms with van der Waals surface area (Å²) in [4.78, 5) is 33.5. The largest absolute Gasteiger partial charge is 0.356 e. The first-order valence-electron chi connectivity index (χ1n) is 8.98. The van der Waals surface area contributed by atoms with Gasteiger partial charge in [-0.15, -0.1) is 11.3 Å². The number of H-pyrrole nitrogens is 1. The van der Waals surface area contributed by atoms with Crippen molar-refractivity contribution in [1.82, 2.24) is 14.8 Å². The molecule has 2 aromatic rings. The minimum absolute atomic E-state index is 0.00850. The van der Waals surface area contributed by atoms with Gasteiger partial charge in [0.25, 0.3) is 5.91 Å². The summed E-state index contributed by atoms with van der Waals surface area (Å²) in [6.45, 7) is 2.88. The third-order valence-electron chi connectivity index (χ3n) is 4.98. The molecule has 0 unspecified atom stereocenters. The molecule has 0 aromatic carbocycles. The first-order valence-corrected chi connectivity index (χ1v) is 9.86. The van der Waals surface area contributed by atoms with Crippen LogP contribution in [0.3, 0.4) is 0 Å². The highest BCUT2D eigenvalue weighted by Crippen LogP contribution is 2.29. The Balaban J connectivity index is 1.40. The molecule has 1 aliphatic carbocycles. The van der Waals surface area contributed by atoms with Gasteiger partial charge in [-0.3, -0.25) is 14.5 Å². The summed E-state index contributed by atoms with van der Waals surface area (Å²) in [5.41, 5.74) is 1.14. The maximum atomic E-state index is 12.7. The molecule has 6 heteroatoms. The van der Waals surface area contributed by atoms with Crippen molar-refractivity contribution in [3.05, 3.63) is 45.9 Å². The predicted molar refractivity (Wildman–Crippen MR) is 98.0 cm³/mol. The SMILES string of the molecule is O=C(CN(Cc1cccs1)C1CC1)c1c[nH]c(C(=O)N2CCCC2)c1. The zero-order valence-corrected chi connectivity index (χ0v) is 15.1. The number of nitrogens with one attached hydrogen (secondary N) is 1. The van der Waals surface area contributed by atoms with Gasteiger partial charge in [-0.2, -0.15) is 0 Å². The molecule has 25 heavy (non-hydrogen) atoms. The molecule has 1 saturated heterocycles. The smallest absolute Gasteiger partial charge is 0.270 e. The summed E-state index contributed by atoms with van der Waals surface area (Å²) in [6.07, 6.45) is 6.16. The van der Waals surface area contributed by atoms with Gasteiger partial charge in [0, 0.05) is 42.3 Å². The maximum absolute atomic E-state index is 12.7. The van der Waals surface area contributed by atoms with Gasteiger partial charge >= 0.3 is 0 Å². The summed E-state index contributed by atoms with van der Waals surface area (Å²) in [6, 6.07) is 6.41. The number of rotatable bonds is 7. The third-order valence-corrected chi connectivity index (χ3v) is 5.84. The second kappa shape index (κ2) is 7.14. The second-order valence-corrected chi connectivity index (χ2v) is 7.97.